The summed E-state index contributed by atoms with van der Waals surface area (Å²) >= 11 is 0. The fraction of sp³-hybridized carbons (Fsp3) is 0.471. The quantitative estimate of drug-likeness (QED) is 0.634. The zero-order valence-corrected chi connectivity index (χ0v) is 14.9. The summed E-state index contributed by atoms with van der Waals surface area (Å²) in [5, 5.41) is 25.8. The molecule has 12 heteroatoms. The Bertz CT molecular complexity index is 845. The molecular weight excluding hydrogens is 409 g/mol. The summed E-state index contributed by atoms with van der Waals surface area (Å²) in [5.74, 6) is -6.94. The highest BCUT2D eigenvalue weighted by Gasteiger charge is 2.80. The molecule has 0 unspecified atom stereocenters. The summed E-state index contributed by atoms with van der Waals surface area (Å²) in [6.45, 7) is 1.51. The van der Waals surface area contributed by atoms with Crippen molar-refractivity contribution in [2.75, 3.05) is 13.1 Å². The topological polar surface area (TPSA) is 115 Å². The summed E-state index contributed by atoms with van der Waals surface area (Å²) in [6, 6.07) is 2.89. The van der Waals surface area contributed by atoms with Crippen molar-refractivity contribution in [3.63, 3.8) is 0 Å². The number of piperidine rings is 1. The molecule has 7 nitrogen and oxygen atoms in total. The molecule has 0 amide bonds. The van der Waals surface area contributed by atoms with E-state index in [4.69, 9.17) is 9.90 Å². The number of aryl methyl sites for hydroxylation is 1. The Kier molecular flexibility index (Phi) is 5.63. The fourth-order valence-electron chi connectivity index (χ4n) is 3.56. The van der Waals surface area contributed by atoms with E-state index >= 15 is 0 Å². The van der Waals surface area contributed by atoms with E-state index in [0.717, 1.165) is 0 Å². The Morgan fingerprint density at radius 3 is 1.83 bits per heavy atom. The lowest BCUT2D eigenvalue weighted by atomic mass is 9.97. The van der Waals surface area contributed by atoms with Crippen molar-refractivity contribution in [3.05, 3.63) is 34.9 Å². The second kappa shape index (κ2) is 7.25. The van der Waals surface area contributed by atoms with Gasteiger partial charge >= 0.3 is 24.1 Å². The van der Waals surface area contributed by atoms with E-state index in [-0.39, 0.29) is 37.2 Å². The molecule has 1 aromatic carbocycles. The van der Waals surface area contributed by atoms with Crippen LogP contribution in [-0.4, -0.2) is 57.4 Å². The summed E-state index contributed by atoms with van der Waals surface area (Å²) in [7, 11) is 0. The number of nitrogens with zero attached hydrogens (tertiary/aromatic N) is 1. The Labute approximate surface area is 160 Å². The van der Waals surface area contributed by atoms with Crippen LogP contribution in [0.25, 0.3) is 0 Å². The molecule has 1 aliphatic heterocycles. The first-order chi connectivity index (χ1) is 13.2. The predicted octanol–water partition coefficient (Wildman–Crippen LogP) is 2.27. The smallest absolute Gasteiger partial charge is 0.481 e. The second-order valence-corrected chi connectivity index (χ2v) is 7.07. The maximum Gasteiger partial charge on any atom is 0.490 e. The lowest BCUT2D eigenvalue weighted by Crippen LogP contribution is -2.28. The number of carboxylic acids is 3. The molecule has 1 heterocycles. The van der Waals surface area contributed by atoms with Crippen molar-refractivity contribution < 1.29 is 51.7 Å². The van der Waals surface area contributed by atoms with Crippen LogP contribution in [0.15, 0.2) is 12.1 Å². The van der Waals surface area contributed by atoms with Crippen LogP contribution in [0.5, 0.6) is 0 Å². The van der Waals surface area contributed by atoms with Crippen LogP contribution < -0.4 is 0 Å². The molecule has 0 bridgehead atoms. The minimum Gasteiger partial charge on any atom is -0.481 e. The average molecular weight is 425 g/mol. The molecule has 3 N–H and O–H groups in total. The monoisotopic (exact) mass is 425 g/mol. The van der Waals surface area contributed by atoms with Gasteiger partial charge in [0.1, 0.15) is 0 Å². The molecule has 0 radical (unpaired) electrons. The van der Waals surface area contributed by atoms with Crippen molar-refractivity contribution in [1.82, 2.24) is 4.90 Å². The number of rotatable bonds is 4. The van der Waals surface area contributed by atoms with Gasteiger partial charge in [0.2, 0.25) is 0 Å². The Morgan fingerprint density at radius 1 is 1.00 bits per heavy atom. The third-order valence-corrected chi connectivity index (χ3v) is 5.19. The Hall–Kier alpha value is -2.76. The Balaban J connectivity index is 0.000000370. The van der Waals surface area contributed by atoms with Gasteiger partial charge in [0, 0.05) is 25.2 Å². The number of carboxylic acid groups (broad SMARTS) is 3. The zero-order valence-electron chi connectivity index (χ0n) is 14.9. The van der Waals surface area contributed by atoms with Crippen molar-refractivity contribution in [3.8, 4) is 0 Å². The normalized spacial score (nSPS) is 25.6. The van der Waals surface area contributed by atoms with Crippen molar-refractivity contribution in [1.29, 1.82) is 0 Å². The van der Waals surface area contributed by atoms with E-state index in [2.05, 4.69) is 0 Å². The number of likely N-dealkylation sites (tertiary alicyclic amines) is 1. The molecule has 1 aliphatic carbocycles. The minimum atomic E-state index is -5.08. The van der Waals surface area contributed by atoms with Crippen LogP contribution in [0.3, 0.4) is 0 Å². The van der Waals surface area contributed by atoms with E-state index in [9.17, 15) is 41.8 Å². The molecule has 1 aromatic rings. The van der Waals surface area contributed by atoms with E-state index in [0.29, 0.717) is 0 Å². The molecular formula is C17H16F5NO6. The summed E-state index contributed by atoms with van der Waals surface area (Å²) in [6.07, 6.45) is -4.99. The van der Waals surface area contributed by atoms with Gasteiger partial charge in [0.05, 0.1) is 10.8 Å². The highest BCUT2D eigenvalue weighted by molar-refractivity contribution is 5.94. The van der Waals surface area contributed by atoms with Crippen LogP contribution in [0, 0.1) is 29.4 Å². The van der Waals surface area contributed by atoms with Gasteiger partial charge in [-0.25, -0.2) is 13.6 Å². The van der Waals surface area contributed by atoms with Crippen LogP contribution >= 0.6 is 0 Å². The number of halogens is 5. The van der Waals surface area contributed by atoms with Crippen molar-refractivity contribution >= 4 is 17.9 Å². The second-order valence-electron chi connectivity index (χ2n) is 7.07. The number of aliphatic carboxylic acids is 3. The van der Waals surface area contributed by atoms with Gasteiger partial charge in [-0.15, -0.1) is 0 Å². The molecule has 1 saturated carbocycles. The van der Waals surface area contributed by atoms with E-state index in [1.807, 2.05) is 0 Å². The zero-order chi connectivity index (χ0) is 22.4. The van der Waals surface area contributed by atoms with Gasteiger partial charge in [-0.05, 0) is 18.9 Å². The lowest BCUT2D eigenvalue weighted by Gasteiger charge is -2.20. The predicted molar refractivity (Wildman–Crippen MR) is 84.8 cm³/mol. The SMILES string of the molecule is Cc1ccc(CN2C[C@@]3(C(=O)O)C[C@@]3(C(=O)O)C2)c(F)c1F.O=C(O)C(F)(F)F. The summed E-state index contributed by atoms with van der Waals surface area (Å²) < 4.78 is 59.2. The van der Waals surface area contributed by atoms with Gasteiger partial charge in [-0.2, -0.15) is 13.2 Å². The Morgan fingerprint density at radius 2 is 1.45 bits per heavy atom. The van der Waals surface area contributed by atoms with Crippen LogP contribution in [0.1, 0.15) is 17.5 Å². The number of benzene rings is 1. The molecule has 0 spiro atoms. The molecule has 160 valence electrons. The van der Waals surface area contributed by atoms with Gasteiger partial charge in [-0.3, -0.25) is 14.5 Å². The maximum absolute atomic E-state index is 13.9. The van der Waals surface area contributed by atoms with Crippen LogP contribution in [-0.2, 0) is 20.9 Å². The van der Waals surface area contributed by atoms with E-state index in [1.54, 1.807) is 4.90 Å². The lowest BCUT2D eigenvalue weighted by molar-refractivity contribution is -0.192. The summed E-state index contributed by atoms with van der Waals surface area (Å²) in [4.78, 5) is 33.3. The number of alkyl halides is 3. The summed E-state index contributed by atoms with van der Waals surface area (Å²) in [5.41, 5.74) is -2.32. The van der Waals surface area contributed by atoms with Gasteiger partial charge in [-0.1, -0.05) is 12.1 Å². The third kappa shape index (κ3) is 3.88. The third-order valence-electron chi connectivity index (χ3n) is 5.19. The highest BCUT2D eigenvalue weighted by Crippen LogP contribution is 2.68. The molecule has 29 heavy (non-hydrogen) atoms. The number of hydrogen-bond acceptors (Lipinski definition) is 4. The standard InChI is InChI=1S/C15H15F2NO4.C2HF3O2/c1-8-2-3-9(11(17)10(8)16)4-18-6-14(12(19)20)5-15(14,7-18)13(21)22;3-2(4,5)1(6)7/h2-3H,4-7H2,1H3,(H,19,20)(H,21,22);(H,6,7)/t14-,15+;. The number of fused-ring (bicyclic) bond motifs is 1. The maximum atomic E-state index is 13.9. The van der Waals surface area contributed by atoms with Crippen LogP contribution in [0.4, 0.5) is 22.0 Å². The number of carbonyl (C=O) groups is 3. The minimum absolute atomic E-state index is 0.00685. The molecule has 2 fully saturated rings. The molecule has 2 aliphatic rings. The molecule has 0 aromatic heterocycles. The van der Waals surface area contributed by atoms with Crippen molar-refractivity contribution in [2.24, 2.45) is 10.8 Å². The van der Waals surface area contributed by atoms with Gasteiger partial charge in [0.25, 0.3) is 0 Å². The number of hydrogen-bond donors (Lipinski definition) is 3. The van der Waals surface area contributed by atoms with Gasteiger partial charge < -0.3 is 15.3 Å². The first-order valence-electron chi connectivity index (χ1n) is 8.11. The van der Waals surface area contributed by atoms with E-state index < -0.39 is 46.5 Å². The first-order valence-corrected chi connectivity index (χ1v) is 8.11. The first kappa shape index (κ1) is 22.5. The molecule has 3 rings (SSSR count). The van der Waals surface area contributed by atoms with E-state index in [1.165, 1.54) is 19.1 Å². The van der Waals surface area contributed by atoms with Crippen molar-refractivity contribution in [2.45, 2.75) is 26.1 Å². The fourth-order valence-corrected chi connectivity index (χ4v) is 3.56. The largest absolute Gasteiger partial charge is 0.490 e. The average Bonchev–Trinajstić information content (AvgIpc) is 3.14. The highest BCUT2D eigenvalue weighted by atomic mass is 19.4. The molecule has 2 atom stereocenters. The van der Waals surface area contributed by atoms with Gasteiger partial charge in [0.15, 0.2) is 11.6 Å². The molecule has 1 saturated heterocycles. The van der Waals surface area contributed by atoms with Crippen LogP contribution in [0.2, 0.25) is 0 Å².